The van der Waals surface area contributed by atoms with Crippen LogP contribution in [0.15, 0.2) is 5.16 Å². The Bertz CT molecular complexity index is 347. The SMILES string of the molecule is CN(CC(N)=O)C(=O)C1(C(N)=NO)CCCC1. The molecule has 1 aliphatic carbocycles. The third-order valence-electron chi connectivity index (χ3n) is 3.20. The van der Waals surface area contributed by atoms with Gasteiger partial charge in [-0.3, -0.25) is 9.59 Å². The summed E-state index contributed by atoms with van der Waals surface area (Å²) in [5.74, 6) is -0.992. The number of primary amides is 1. The molecule has 1 fully saturated rings. The van der Waals surface area contributed by atoms with Gasteiger partial charge >= 0.3 is 0 Å². The van der Waals surface area contributed by atoms with Gasteiger partial charge in [0.2, 0.25) is 11.8 Å². The zero-order valence-electron chi connectivity index (χ0n) is 9.85. The Morgan fingerprint density at radius 2 is 1.88 bits per heavy atom. The van der Waals surface area contributed by atoms with Crippen LogP contribution in [0.25, 0.3) is 0 Å². The number of amides is 2. The van der Waals surface area contributed by atoms with Crippen molar-refractivity contribution in [3.05, 3.63) is 0 Å². The summed E-state index contributed by atoms with van der Waals surface area (Å²) < 4.78 is 0. The summed E-state index contributed by atoms with van der Waals surface area (Å²) in [6.07, 6.45) is 2.74. The molecule has 0 aliphatic heterocycles. The number of likely N-dealkylation sites (N-methyl/N-ethyl adjacent to an activating group) is 1. The van der Waals surface area contributed by atoms with E-state index < -0.39 is 11.3 Å². The highest BCUT2D eigenvalue weighted by Crippen LogP contribution is 2.39. The van der Waals surface area contributed by atoms with E-state index in [2.05, 4.69) is 5.16 Å². The van der Waals surface area contributed by atoms with E-state index in [1.54, 1.807) is 0 Å². The molecule has 0 saturated heterocycles. The predicted molar refractivity (Wildman–Crippen MR) is 61.1 cm³/mol. The predicted octanol–water partition coefficient (Wildman–Crippen LogP) is -0.763. The summed E-state index contributed by atoms with van der Waals surface area (Å²) in [4.78, 5) is 24.3. The fraction of sp³-hybridized carbons (Fsp3) is 0.700. The first-order valence-corrected chi connectivity index (χ1v) is 5.46. The van der Waals surface area contributed by atoms with Gasteiger partial charge in [0.1, 0.15) is 5.41 Å². The van der Waals surface area contributed by atoms with Crippen molar-refractivity contribution in [1.82, 2.24) is 4.90 Å². The van der Waals surface area contributed by atoms with Crippen molar-refractivity contribution in [2.75, 3.05) is 13.6 Å². The van der Waals surface area contributed by atoms with E-state index in [0.717, 1.165) is 12.8 Å². The zero-order valence-corrected chi connectivity index (χ0v) is 9.85. The first-order chi connectivity index (χ1) is 7.94. The number of amidine groups is 1. The Labute approximate surface area is 99.4 Å². The average Bonchev–Trinajstić information content (AvgIpc) is 2.76. The van der Waals surface area contributed by atoms with Gasteiger partial charge in [-0.25, -0.2) is 0 Å². The van der Waals surface area contributed by atoms with Crippen molar-refractivity contribution in [3.63, 3.8) is 0 Å². The molecule has 1 aliphatic rings. The molecule has 0 aromatic carbocycles. The van der Waals surface area contributed by atoms with Crippen molar-refractivity contribution in [3.8, 4) is 0 Å². The summed E-state index contributed by atoms with van der Waals surface area (Å²) in [5.41, 5.74) is 9.68. The number of carbonyl (C=O) groups excluding carboxylic acids is 2. The summed E-state index contributed by atoms with van der Waals surface area (Å²) in [6.45, 7) is -0.167. The molecule has 0 aromatic rings. The first-order valence-electron chi connectivity index (χ1n) is 5.46. The minimum absolute atomic E-state index is 0.0867. The first kappa shape index (κ1) is 13.3. The van der Waals surface area contributed by atoms with Crippen LogP contribution in [-0.4, -0.2) is 41.3 Å². The van der Waals surface area contributed by atoms with Crippen LogP contribution in [0.5, 0.6) is 0 Å². The minimum atomic E-state index is -0.973. The van der Waals surface area contributed by atoms with Crippen LogP contribution in [0.2, 0.25) is 0 Å². The second kappa shape index (κ2) is 5.03. The van der Waals surface area contributed by atoms with E-state index in [-0.39, 0.29) is 18.3 Å². The van der Waals surface area contributed by atoms with Gasteiger partial charge in [0.15, 0.2) is 5.84 Å². The van der Waals surface area contributed by atoms with Gasteiger partial charge in [0.25, 0.3) is 0 Å². The molecular weight excluding hydrogens is 224 g/mol. The van der Waals surface area contributed by atoms with Crippen molar-refractivity contribution in [2.24, 2.45) is 22.0 Å². The lowest BCUT2D eigenvalue weighted by Gasteiger charge is -2.30. The number of nitrogens with two attached hydrogens (primary N) is 2. The highest BCUT2D eigenvalue weighted by Gasteiger charge is 2.46. The van der Waals surface area contributed by atoms with Crippen LogP contribution in [0, 0.1) is 5.41 Å². The Balaban J connectivity index is 2.92. The molecule has 1 saturated carbocycles. The molecule has 0 unspecified atom stereocenters. The molecule has 0 heterocycles. The molecule has 0 spiro atoms. The quantitative estimate of drug-likeness (QED) is 0.259. The van der Waals surface area contributed by atoms with Gasteiger partial charge in [0.05, 0.1) is 6.54 Å². The number of carbonyl (C=O) groups is 2. The van der Waals surface area contributed by atoms with Crippen LogP contribution in [0.1, 0.15) is 25.7 Å². The van der Waals surface area contributed by atoms with Crippen LogP contribution in [-0.2, 0) is 9.59 Å². The molecule has 96 valence electrons. The third-order valence-corrected chi connectivity index (χ3v) is 3.20. The topological polar surface area (TPSA) is 122 Å². The molecule has 17 heavy (non-hydrogen) atoms. The molecular formula is C10H18N4O3. The maximum Gasteiger partial charge on any atom is 0.237 e. The van der Waals surface area contributed by atoms with E-state index in [1.165, 1.54) is 11.9 Å². The maximum atomic E-state index is 12.2. The Morgan fingerprint density at radius 3 is 2.29 bits per heavy atom. The lowest BCUT2D eigenvalue weighted by Crippen LogP contribution is -2.50. The normalized spacial score (nSPS) is 19.0. The number of hydrogen-bond donors (Lipinski definition) is 3. The van der Waals surface area contributed by atoms with E-state index in [9.17, 15) is 9.59 Å². The van der Waals surface area contributed by atoms with E-state index in [0.29, 0.717) is 12.8 Å². The molecule has 0 radical (unpaired) electrons. The van der Waals surface area contributed by atoms with Crippen molar-refractivity contribution in [1.29, 1.82) is 0 Å². The average molecular weight is 242 g/mol. The highest BCUT2D eigenvalue weighted by atomic mass is 16.4. The van der Waals surface area contributed by atoms with Crippen molar-refractivity contribution < 1.29 is 14.8 Å². The molecule has 7 nitrogen and oxygen atoms in total. The number of hydrogen-bond acceptors (Lipinski definition) is 4. The Kier molecular flexibility index (Phi) is 3.93. The number of oxime groups is 1. The second-order valence-electron chi connectivity index (χ2n) is 4.40. The standard InChI is InChI=1S/C10H18N4O3/c1-14(6-7(11)15)9(16)10(8(12)13-17)4-2-3-5-10/h17H,2-6H2,1H3,(H2,11,15)(H2,12,13). The summed E-state index contributed by atoms with van der Waals surface area (Å²) >= 11 is 0. The van der Waals surface area contributed by atoms with Crippen molar-refractivity contribution >= 4 is 17.6 Å². The largest absolute Gasteiger partial charge is 0.409 e. The Morgan fingerprint density at radius 1 is 1.35 bits per heavy atom. The van der Waals surface area contributed by atoms with E-state index >= 15 is 0 Å². The summed E-state index contributed by atoms with van der Waals surface area (Å²) in [5, 5.41) is 11.7. The van der Waals surface area contributed by atoms with Crippen LogP contribution in [0.4, 0.5) is 0 Å². The second-order valence-corrected chi connectivity index (χ2v) is 4.40. The molecule has 0 bridgehead atoms. The fourth-order valence-electron chi connectivity index (χ4n) is 2.32. The highest BCUT2D eigenvalue weighted by molar-refractivity contribution is 6.07. The maximum absolute atomic E-state index is 12.2. The number of nitrogens with zero attached hydrogens (tertiary/aromatic N) is 2. The van der Waals surface area contributed by atoms with Gasteiger partial charge in [0, 0.05) is 7.05 Å². The smallest absolute Gasteiger partial charge is 0.237 e. The molecule has 0 atom stereocenters. The molecule has 5 N–H and O–H groups in total. The molecule has 1 rings (SSSR count). The van der Waals surface area contributed by atoms with Crippen molar-refractivity contribution in [2.45, 2.75) is 25.7 Å². The molecule has 2 amide bonds. The van der Waals surface area contributed by atoms with Crippen LogP contribution < -0.4 is 11.5 Å². The zero-order chi connectivity index (χ0) is 13.1. The van der Waals surface area contributed by atoms with E-state index in [4.69, 9.17) is 16.7 Å². The third kappa shape index (κ3) is 2.48. The fourth-order valence-corrected chi connectivity index (χ4v) is 2.32. The van der Waals surface area contributed by atoms with Gasteiger partial charge in [-0.1, -0.05) is 18.0 Å². The van der Waals surface area contributed by atoms with Gasteiger partial charge in [-0.15, -0.1) is 0 Å². The monoisotopic (exact) mass is 242 g/mol. The summed E-state index contributed by atoms with van der Waals surface area (Å²) in [7, 11) is 1.48. The molecule has 7 heteroatoms. The lowest BCUT2D eigenvalue weighted by atomic mass is 9.83. The lowest BCUT2D eigenvalue weighted by molar-refractivity contribution is -0.139. The summed E-state index contributed by atoms with van der Waals surface area (Å²) in [6, 6.07) is 0. The van der Waals surface area contributed by atoms with Gasteiger partial charge < -0.3 is 21.6 Å². The minimum Gasteiger partial charge on any atom is -0.409 e. The van der Waals surface area contributed by atoms with Crippen LogP contribution >= 0.6 is 0 Å². The molecule has 0 aromatic heterocycles. The number of rotatable bonds is 4. The van der Waals surface area contributed by atoms with Crippen LogP contribution in [0.3, 0.4) is 0 Å². The van der Waals surface area contributed by atoms with Gasteiger partial charge in [-0.05, 0) is 12.8 Å². The van der Waals surface area contributed by atoms with Gasteiger partial charge in [-0.2, -0.15) is 0 Å². The Hall–Kier alpha value is -1.79. The van der Waals surface area contributed by atoms with E-state index in [1.807, 2.05) is 0 Å².